The maximum Gasteiger partial charge on any atom is 0.244 e. The number of nitrogens with zero attached hydrogens (tertiary/aromatic N) is 1. The molecule has 0 saturated carbocycles. The fourth-order valence-electron chi connectivity index (χ4n) is 1.80. The van der Waals surface area contributed by atoms with Crippen molar-refractivity contribution in [2.45, 2.75) is 25.0 Å². The molecule has 0 amide bonds. The van der Waals surface area contributed by atoms with Crippen LogP contribution in [-0.4, -0.2) is 25.6 Å². The zero-order valence-corrected chi connectivity index (χ0v) is 12.5. The number of aromatic nitrogens is 1. The van der Waals surface area contributed by atoms with E-state index < -0.39 is 10.0 Å². The van der Waals surface area contributed by atoms with Crippen LogP contribution >= 0.6 is 0 Å². The van der Waals surface area contributed by atoms with E-state index in [1.165, 1.54) is 26.3 Å². The summed E-state index contributed by atoms with van der Waals surface area (Å²) < 4.78 is 37.0. The summed E-state index contributed by atoms with van der Waals surface area (Å²) in [6.45, 7) is 1.28. The van der Waals surface area contributed by atoms with Gasteiger partial charge in [-0.2, -0.15) is 0 Å². The number of nitrogens with one attached hydrogen (secondary N) is 1. The summed E-state index contributed by atoms with van der Waals surface area (Å²) in [5.74, 6) is 0.853. The van der Waals surface area contributed by atoms with Gasteiger partial charge in [-0.05, 0) is 18.6 Å². The van der Waals surface area contributed by atoms with Crippen LogP contribution in [0.4, 0.5) is 0 Å². The van der Waals surface area contributed by atoms with Crippen LogP contribution in [0.25, 0.3) is 0 Å². The molecule has 2 N–H and O–H groups in total. The molecule has 8 heteroatoms. The van der Waals surface area contributed by atoms with Crippen LogP contribution in [0, 0.1) is 6.92 Å². The van der Waals surface area contributed by atoms with Gasteiger partial charge in [0.2, 0.25) is 15.9 Å². The van der Waals surface area contributed by atoms with E-state index in [4.69, 9.17) is 14.3 Å². The zero-order chi connectivity index (χ0) is 15.5. The highest BCUT2D eigenvalue weighted by Crippen LogP contribution is 2.20. The molecule has 7 nitrogen and oxygen atoms in total. The van der Waals surface area contributed by atoms with Gasteiger partial charge in [0.1, 0.15) is 23.0 Å². The molecule has 0 spiro atoms. The van der Waals surface area contributed by atoms with Crippen LogP contribution in [0.2, 0.25) is 0 Å². The van der Waals surface area contributed by atoms with E-state index in [1.807, 2.05) is 0 Å². The number of aliphatic hydroxyl groups excluding tert-OH is 1. The first-order valence-corrected chi connectivity index (χ1v) is 7.63. The third-order valence-electron chi connectivity index (χ3n) is 2.84. The highest BCUT2D eigenvalue weighted by molar-refractivity contribution is 7.89. The van der Waals surface area contributed by atoms with Crippen molar-refractivity contribution in [3.05, 3.63) is 41.5 Å². The maximum atomic E-state index is 12.2. The topological polar surface area (TPSA) is 102 Å². The van der Waals surface area contributed by atoms with Gasteiger partial charge in [0, 0.05) is 24.9 Å². The monoisotopic (exact) mass is 312 g/mol. The first-order chi connectivity index (χ1) is 9.96. The number of hydrogen-bond donors (Lipinski definition) is 2. The van der Waals surface area contributed by atoms with E-state index in [-0.39, 0.29) is 29.6 Å². The fraction of sp³-hybridized carbons (Fsp3) is 0.308. The zero-order valence-electron chi connectivity index (χ0n) is 11.7. The predicted octanol–water partition coefficient (Wildman–Crippen LogP) is 0.962. The Kier molecular flexibility index (Phi) is 4.61. The summed E-state index contributed by atoms with van der Waals surface area (Å²) in [5.41, 5.74) is 0.717. The van der Waals surface area contributed by atoms with E-state index in [2.05, 4.69) is 9.71 Å². The van der Waals surface area contributed by atoms with Crippen LogP contribution in [0.5, 0.6) is 5.88 Å². The molecular weight excluding hydrogens is 296 g/mol. The summed E-state index contributed by atoms with van der Waals surface area (Å²) in [6.07, 6.45) is 1.54. The molecule has 2 aromatic heterocycles. The van der Waals surface area contributed by atoms with Crippen molar-refractivity contribution < 1.29 is 22.7 Å². The number of pyridine rings is 1. The number of furan rings is 1. The Bertz CT molecular complexity index is 724. The molecule has 2 heterocycles. The first kappa shape index (κ1) is 15.5. The molecule has 0 aliphatic carbocycles. The van der Waals surface area contributed by atoms with E-state index >= 15 is 0 Å². The highest BCUT2D eigenvalue weighted by atomic mass is 32.2. The van der Waals surface area contributed by atoms with Gasteiger partial charge in [-0.15, -0.1) is 0 Å². The van der Waals surface area contributed by atoms with Crippen molar-refractivity contribution in [2.24, 2.45) is 0 Å². The average molecular weight is 312 g/mol. The minimum absolute atomic E-state index is 0.0209. The molecule has 114 valence electrons. The number of rotatable bonds is 6. The van der Waals surface area contributed by atoms with Crippen LogP contribution in [-0.2, 0) is 23.2 Å². The molecule has 21 heavy (non-hydrogen) atoms. The van der Waals surface area contributed by atoms with Crippen molar-refractivity contribution in [3.63, 3.8) is 0 Å². The van der Waals surface area contributed by atoms with Gasteiger partial charge < -0.3 is 14.3 Å². The lowest BCUT2D eigenvalue weighted by Gasteiger charge is -2.06. The van der Waals surface area contributed by atoms with Gasteiger partial charge in [-0.25, -0.2) is 18.1 Å². The summed E-state index contributed by atoms with van der Waals surface area (Å²) in [6, 6.07) is 4.64. The van der Waals surface area contributed by atoms with E-state index in [0.29, 0.717) is 11.4 Å². The largest absolute Gasteiger partial charge is 0.481 e. The Balaban J connectivity index is 2.15. The lowest BCUT2D eigenvalue weighted by Crippen LogP contribution is -2.23. The molecule has 0 aromatic carbocycles. The normalized spacial score (nSPS) is 11.6. The Morgan fingerprint density at radius 1 is 1.43 bits per heavy atom. The van der Waals surface area contributed by atoms with Gasteiger partial charge in [-0.3, -0.25) is 0 Å². The minimum Gasteiger partial charge on any atom is -0.481 e. The summed E-state index contributed by atoms with van der Waals surface area (Å²) in [4.78, 5) is 3.97. The number of aryl methyl sites for hydroxylation is 1. The van der Waals surface area contributed by atoms with Crippen LogP contribution < -0.4 is 9.46 Å². The molecule has 0 radical (unpaired) electrons. The van der Waals surface area contributed by atoms with Crippen molar-refractivity contribution in [1.82, 2.24) is 9.71 Å². The summed E-state index contributed by atoms with van der Waals surface area (Å²) in [7, 11) is -2.23. The molecular formula is C13H16N2O5S. The van der Waals surface area contributed by atoms with Crippen LogP contribution in [0.1, 0.15) is 17.1 Å². The fourth-order valence-corrected chi connectivity index (χ4v) is 3.02. The molecule has 0 atom stereocenters. The molecule has 0 saturated heterocycles. The smallest absolute Gasteiger partial charge is 0.244 e. The van der Waals surface area contributed by atoms with Crippen LogP contribution in [0.3, 0.4) is 0 Å². The molecule has 0 unspecified atom stereocenters. The Morgan fingerprint density at radius 2 is 2.19 bits per heavy atom. The van der Waals surface area contributed by atoms with Gasteiger partial charge in [0.25, 0.3) is 0 Å². The molecule has 0 aliphatic heterocycles. The Hall–Kier alpha value is -1.90. The third-order valence-corrected chi connectivity index (χ3v) is 4.35. The number of aliphatic hydroxyl groups is 1. The van der Waals surface area contributed by atoms with Crippen LogP contribution in [0.15, 0.2) is 33.7 Å². The molecule has 0 bridgehead atoms. The van der Waals surface area contributed by atoms with E-state index in [9.17, 15) is 8.42 Å². The predicted molar refractivity (Wildman–Crippen MR) is 74.2 cm³/mol. The third kappa shape index (κ3) is 3.60. The first-order valence-electron chi connectivity index (χ1n) is 6.15. The number of ether oxygens (including phenoxy) is 1. The Labute approximate surface area is 122 Å². The molecule has 2 aromatic rings. The average Bonchev–Trinajstić information content (AvgIpc) is 2.87. The molecule has 0 fully saturated rings. The summed E-state index contributed by atoms with van der Waals surface area (Å²) >= 11 is 0. The maximum absolute atomic E-state index is 12.2. The van der Waals surface area contributed by atoms with E-state index in [1.54, 1.807) is 12.1 Å². The van der Waals surface area contributed by atoms with Crippen molar-refractivity contribution in [2.75, 3.05) is 7.11 Å². The SMILES string of the molecule is COc1cc(CNS(=O)(=O)c2cc(CO)oc2C)ccn1. The second-order valence-electron chi connectivity index (χ2n) is 4.32. The van der Waals surface area contributed by atoms with Gasteiger partial charge in [-0.1, -0.05) is 0 Å². The van der Waals surface area contributed by atoms with Gasteiger partial charge >= 0.3 is 0 Å². The number of hydrogen-bond acceptors (Lipinski definition) is 6. The van der Waals surface area contributed by atoms with Crippen molar-refractivity contribution in [3.8, 4) is 5.88 Å². The quantitative estimate of drug-likeness (QED) is 0.824. The van der Waals surface area contributed by atoms with Gasteiger partial charge in [0.05, 0.1) is 7.11 Å². The molecule has 0 aliphatic rings. The standard InChI is InChI=1S/C13H16N2O5S/c1-9-12(6-11(8-16)20-9)21(17,18)15-7-10-3-4-14-13(5-10)19-2/h3-6,15-16H,7-8H2,1-2H3. The number of methoxy groups -OCH3 is 1. The minimum atomic E-state index is -3.71. The lowest BCUT2D eigenvalue weighted by atomic mass is 10.3. The van der Waals surface area contributed by atoms with Crippen molar-refractivity contribution in [1.29, 1.82) is 0 Å². The summed E-state index contributed by atoms with van der Waals surface area (Å²) in [5, 5.41) is 8.98. The number of sulfonamides is 1. The van der Waals surface area contributed by atoms with Crippen molar-refractivity contribution >= 4 is 10.0 Å². The second-order valence-corrected chi connectivity index (χ2v) is 6.06. The highest BCUT2D eigenvalue weighted by Gasteiger charge is 2.21. The Morgan fingerprint density at radius 3 is 2.81 bits per heavy atom. The van der Waals surface area contributed by atoms with E-state index in [0.717, 1.165) is 0 Å². The molecule has 2 rings (SSSR count). The van der Waals surface area contributed by atoms with Gasteiger partial charge in [0.15, 0.2) is 0 Å². The second kappa shape index (κ2) is 6.25. The lowest BCUT2D eigenvalue weighted by molar-refractivity contribution is 0.244.